The van der Waals surface area contributed by atoms with Gasteiger partial charge in [0.2, 0.25) is 0 Å². The van der Waals surface area contributed by atoms with Crippen molar-refractivity contribution in [1.29, 1.82) is 0 Å². The molecule has 2 heteroatoms. The smallest absolute Gasteiger partial charge is 0.0989 e. The molecule has 0 unspecified atom stereocenters. The van der Waals surface area contributed by atoms with Crippen molar-refractivity contribution in [2.75, 3.05) is 0 Å². The Morgan fingerprint density at radius 2 is 2.18 bits per heavy atom. The number of aryl methyl sites for hydroxylation is 1. The fourth-order valence-corrected chi connectivity index (χ4v) is 0.964. The maximum absolute atomic E-state index is 12.4. The van der Waals surface area contributed by atoms with Gasteiger partial charge in [0.25, 0.3) is 0 Å². The zero-order valence-corrected chi connectivity index (χ0v) is 7.03. The molecule has 0 saturated heterocycles. The van der Waals surface area contributed by atoms with E-state index < -0.39 is 0 Å². The van der Waals surface area contributed by atoms with Gasteiger partial charge in [-0.25, -0.2) is 4.39 Å². The average Bonchev–Trinajstić information content (AvgIpc) is 2.18. The first kappa shape index (κ1) is 8.05. The van der Waals surface area contributed by atoms with Crippen molar-refractivity contribution >= 4 is 6.08 Å². The molecule has 0 aliphatic carbocycles. The summed E-state index contributed by atoms with van der Waals surface area (Å²) in [4.78, 5) is 2.99. The van der Waals surface area contributed by atoms with Gasteiger partial charge in [0, 0.05) is 11.9 Å². The van der Waals surface area contributed by atoms with Crippen molar-refractivity contribution in [2.45, 2.75) is 20.8 Å². The van der Waals surface area contributed by atoms with Gasteiger partial charge in [0.1, 0.15) is 0 Å². The molecule has 0 saturated carbocycles. The van der Waals surface area contributed by atoms with Gasteiger partial charge in [-0.05, 0) is 38.0 Å². The molecule has 0 atom stereocenters. The molecule has 60 valence electrons. The second kappa shape index (κ2) is 2.91. The highest BCUT2D eigenvalue weighted by Gasteiger charge is 1.99. The van der Waals surface area contributed by atoms with Crippen molar-refractivity contribution in [3.8, 4) is 0 Å². The molecule has 0 fully saturated rings. The summed E-state index contributed by atoms with van der Waals surface area (Å²) in [6, 6.07) is 0. The number of halogens is 1. The standard InChI is InChI=1S/C9H12FN/c1-6-5-11-9(8(6)3)4-7(2)10/h4-5,11H,1-3H3/b7-4+. The Morgan fingerprint density at radius 3 is 2.55 bits per heavy atom. The first-order valence-corrected chi connectivity index (χ1v) is 3.59. The van der Waals surface area contributed by atoms with E-state index in [4.69, 9.17) is 0 Å². The molecule has 0 amide bonds. The number of nitrogens with one attached hydrogen (secondary N) is 1. The van der Waals surface area contributed by atoms with Crippen LogP contribution >= 0.6 is 0 Å². The van der Waals surface area contributed by atoms with Crippen LogP contribution in [0, 0.1) is 13.8 Å². The molecule has 1 nitrogen and oxygen atoms in total. The summed E-state index contributed by atoms with van der Waals surface area (Å²) in [7, 11) is 0. The molecule has 1 rings (SSSR count). The normalized spacial score (nSPS) is 12.2. The van der Waals surface area contributed by atoms with Gasteiger partial charge in [-0.1, -0.05) is 0 Å². The average molecular weight is 153 g/mol. The highest BCUT2D eigenvalue weighted by atomic mass is 19.1. The SMILES string of the molecule is C/C(F)=C\c1[nH]cc(C)c1C. The highest BCUT2D eigenvalue weighted by molar-refractivity contribution is 5.52. The Morgan fingerprint density at radius 1 is 1.55 bits per heavy atom. The predicted octanol–water partition coefficient (Wildman–Crippen LogP) is 2.96. The van der Waals surface area contributed by atoms with Crippen LogP contribution in [-0.2, 0) is 0 Å². The van der Waals surface area contributed by atoms with Crippen LogP contribution in [0.5, 0.6) is 0 Å². The lowest BCUT2D eigenvalue weighted by Gasteiger charge is -1.91. The number of hydrogen-bond donors (Lipinski definition) is 1. The summed E-state index contributed by atoms with van der Waals surface area (Å²) in [5.41, 5.74) is 3.14. The molecular weight excluding hydrogens is 141 g/mol. The molecule has 1 heterocycles. The van der Waals surface area contributed by atoms with E-state index in [1.807, 2.05) is 20.0 Å². The first-order chi connectivity index (χ1) is 5.11. The lowest BCUT2D eigenvalue weighted by atomic mass is 10.2. The summed E-state index contributed by atoms with van der Waals surface area (Å²) < 4.78 is 12.4. The third kappa shape index (κ3) is 1.70. The van der Waals surface area contributed by atoms with E-state index in [1.54, 1.807) is 0 Å². The summed E-state index contributed by atoms with van der Waals surface area (Å²) in [5.74, 6) is -0.171. The van der Waals surface area contributed by atoms with E-state index in [0.29, 0.717) is 0 Å². The third-order valence-corrected chi connectivity index (χ3v) is 1.78. The fraction of sp³-hybridized carbons (Fsp3) is 0.333. The second-order valence-electron chi connectivity index (χ2n) is 2.74. The molecule has 0 radical (unpaired) electrons. The topological polar surface area (TPSA) is 15.8 Å². The van der Waals surface area contributed by atoms with Crippen molar-refractivity contribution < 1.29 is 4.39 Å². The number of aromatic amines is 1. The summed E-state index contributed by atoms with van der Waals surface area (Å²) in [6.45, 7) is 5.41. The van der Waals surface area contributed by atoms with Crippen LogP contribution in [-0.4, -0.2) is 4.98 Å². The van der Waals surface area contributed by atoms with E-state index in [1.165, 1.54) is 13.0 Å². The van der Waals surface area contributed by atoms with Crippen LogP contribution < -0.4 is 0 Å². The summed E-state index contributed by atoms with van der Waals surface area (Å²) in [6.07, 6.45) is 3.38. The molecule has 1 aromatic heterocycles. The second-order valence-corrected chi connectivity index (χ2v) is 2.74. The van der Waals surface area contributed by atoms with Crippen molar-refractivity contribution in [1.82, 2.24) is 4.98 Å². The first-order valence-electron chi connectivity index (χ1n) is 3.59. The maximum Gasteiger partial charge on any atom is 0.0989 e. The molecule has 1 aromatic rings. The third-order valence-electron chi connectivity index (χ3n) is 1.78. The number of allylic oxidation sites excluding steroid dienone is 1. The minimum absolute atomic E-state index is 0.171. The Labute approximate surface area is 65.9 Å². The molecule has 0 aromatic carbocycles. The largest absolute Gasteiger partial charge is 0.361 e. The van der Waals surface area contributed by atoms with E-state index in [2.05, 4.69) is 4.98 Å². The quantitative estimate of drug-likeness (QED) is 0.638. The number of H-pyrrole nitrogens is 1. The van der Waals surface area contributed by atoms with E-state index in [9.17, 15) is 4.39 Å². The van der Waals surface area contributed by atoms with Gasteiger partial charge in [-0.2, -0.15) is 0 Å². The Kier molecular flexibility index (Phi) is 2.13. The zero-order chi connectivity index (χ0) is 8.43. The van der Waals surface area contributed by atoms with E-state index >= 15 is 0 Å². The van der Waals surface area contributed by atoms with E-state index in [-0.39, 0.29) is 5.83 Å². The van der Waals surface area contributed by atoms with Crippen molar-refractivity contribution in [2.24, 2.45) is 0 Å². The van der Waals surface area contributed by atoms with Crippen LogP contribution in [0.25, 0.3) is 6.08 Å². The van der Waals surface area contributed by atoms with Crippen LogP contribution in [0.1, 0.15) is 23.7 Å². The van der Waals surface area contributed by atoms with Gasteiger partial charge in [0.05, 0.1) is 5.83 Å². The molecule has 1 N–H and O–H groups in total. The lowest BCUT2D eigenvalue weighted by Crippen LogP contribution is -1.76. The molecule has 11 heavy (non-hydrogen) atoms. The summed E-state index contributed by atoms with van der Waals surface area (Å²) in [5, 5.41) is 0. The minimum atomic E-state index is -0.171. The number of rotatable bonds is 1. The van der Waals surface area contributed by atoms with Gasteiger partial charge >= 0.3 is 0 Å². The van der Waals surface area contributed by atoms with E-state index in [0.717, 1.165) is 16.8 Å². The van der Waals surface area contributed by atoms with Gasteiger partial charge < -0.3 is 4.98 Å². The van der Waals surface area contributed by atoms with Crippen LogP contribution in [0.2, 0.25) is 0 Å². The van der Waals surface area contributed by atoms with Gasteiger partial charge in [-0.3, -0.25) is 0 Å². The Hall–Kier alpha value is -1.05. The molecule has 0 bridgehead atoms. The Balaban J connectivity index is 3.06. The van der Waals surface area contributed by atoms with Crippen molar-refractivity contribution in [3.05, 3.63) is 28.8 Å². The van der Waals surface area contributed by atoms with Crippen LogP contribution in [0.15, 0.2) is 12.0 Å². The zero-order valence-electron chi connectivity index (χ0n) is 7.03. The molecule has 0 aliphatic heterocycles. The molecule has 0 aliphatic rings. The highest BCUT2D eigenvalue weighted by Crippen LogP contribution is 2.14. The van der Waals surface area contributed by atoms with Crippen LogP contribution in [0.3, 0.4) is 0 Å². The maximum atomic E-state index is 12.4. The monoisotopic (exact) mass is 153 g/mol. The number of aromatic nitrogens is 1. The van der Waals surface area contributed by atoms with Crippen molar-refractivity contribution in [3.63, 3.8) is 0 Å². The van der Waals surface area contributed by atoms with Crippen LogP contribution in [0.4, 0.5) is 4.39 Å². The fourth-order valence-electron chi connectivity index (χ4n) is 0.964. The summed E-state index contributed by atoms with van der Waals surface area (Å²) >= 11 is 0. The molecule has 0 spiro atoms. The Bertz CT molecular complexity index is 280. The number of hydrogen-bond acceptors (Lipinski definition) is 0. The van der Waals surface area contributed by atoms with Gasteiger partial charge in [-0.15, -0.1) is 0 Å². The lowest BCUT2D eigenvalue weighted by molar-refractivity contribution is 0.648. The minimum Gasteiger partial charge on any atom is -0.361 e. The molecular formula is C9H12FN. The van der Waals surface area contributed by atoms with Gasteiger partial charge in [0.15, 0.2) is 0 Å². The predicted molar refractivity (Wildman–Crippen MR) is 45.0 cm³/mol.